The molecule has 1 aromatic heterocycles. The summed E-state index contributed by atoms with van der Waals surface area (Å²) in [4.78, 5) is 11.5. The van der Waals surface area contributed by atoms with E-state index in [2.05, 4.69) is 15.5 Å². The zero-order valence-corrected chi connectivity index (χ0v) is 8.75. The maximum Gasteiger partial charge on any atom is 0.271 e. The van der Waals surface area contributed by atoms with Crippen LogP contribution in [0.15, 0.2) is 6.07 Å². The first-order valence-corrected chi connectivity index (χ1v) is 5.13. The van der Waals surface area contributed by atoms with Gasteiger partial charge in [-0.1, -0.05) is 0 Å². The van der Waals surface area contributed by atoms with E-state index in [0.717, 1.165) is 5.69 Å². The highest BCUT2D eigenvalue weighted by Gasteiger charge is 2.26. The Balaban J connectivity index is 1.87. The molecule has 1 saturated carbocycles. The van der Waals surface area contributed by atoms with Gasteiger partial charge in [0.2, 0.25) is 0 Å². The molecule has 1 aliphatic rings. The topological polar surface area (TPSA) is 67.0 Å². The van der Waals surface area contributed by atoms with Crippen molar-refractivity contribution in [3.8, 4) is 0 Å². The van der Waals surface area contributed by atoms with Crippen LogP contribution in [0.25, 0.3) is 0 Å². The molecule has 2 rings (SSSR count). The van der Waals surface area contributed by atoms with Crippen molar-refractivity contribution in [2.75, 3.05) is 20.3 Å². The minimum Gasteiger partial charge on any atom is -0.383 e. The number of hydrogen-bond acceptors (Lipinski definition) is 3. The maximum absolute atomic E-state index is 11.5. The Kier molecular flexibility index (Phi) is 3.01. The Morgan fingerprint density at radius 1 is 1.73 bits per heavy atom. The lowest BCUT2D eigenvalue weighted by Crippen LogP contribution is -2.27. The standard InChI is InChI=1S/C10H15N3O2/c1-15-5-4-11-10(14)9-6-8(12-13-9)7-2-3-7/h6-7H,2-5H2,1H3,(H,11,14)(H,12,13). The summed E-state index contributed by atoms with van der Waals surface area (Å²) in [5.74, 6) is 0.452. The molecule has 0 saturated heterocycles. The molecule has 1 aromatic rings. The molecule has 1 fully saturated rings. The Morgan fingerprint density at radius 2 is 2.53 bits per heavy atom. The summed E-state index contributed by atoms with van der Waals surface area (Å²) in [6.45, 7) is 1.03. The molecular weight excluding hydrogens is 194 g/mol. The second kappa shape index (κ2) is 4.44. The summed E-state index contributed by atoms with van der Waals surface area (Å²) in [6, 6.07) is 1.83. The minimum atomic E-state index is -0.143. The molecule has 5 nitrogen and oxygen atoms in total. The first-order valence-electron chi connectivity index (χ1n) is 5.13. The molecule has 0 spiro atoms. The number of rotatable bonds is 5. The Labute approximate surface area is 88.2 Å². The van der Waals surface area contributed by atoms with E-state index in [-0.39, 0.29) is 5.91 Å². The van der Waals surface area contributed by atoms with Gasteiger partial charge in [0.15, 0.2) is 0 Å². The number of carbonyl (C=O) groups is 1. The summed E-state index contributed by atoms with van der Waals surface area (Å²) < 4.78 is 4.84. The first kappa shape index (κ1) is 10.2. The van der Waals surface area contributed by atoms with Crippen LogP contribution in [0.2, 0.25) is 0 Å². The van der Waals surface area contributed by atoms with E-state index in [9.17, 15) is 4.79 Å². The normalized spacial score (nSPS) is 15.3. The van der Waals surface area contributed by atoms with Gasteiger partial charge in [-0.15, -0.1) is 0 Å². The van der Waals surface area contributed by atoms with Gasteiger partial charge in [-0.2, -0.15) is 5.10 Å². The van der Waals surface area contributed by atoms with Crippen LogP contribution in [0.1, 0.15) is 34.9 Å². The predicted molar refractivity (Wildman–Crippen MR) is 54.8 cm³/mol. The lowest BCUT2D eigenvalue weighted by atomic mass is 10.2. The fourth-order valence-electron chi connectivity index (χ4n) is 1.41. The highest BCUT2D eigenvalue weighted by Crippen LogP contribution is 2.38. The minimum absolute atomic E-state index is 0.143. The van der Waals surface area contributed by atoms with Gasteiger partial charge < -0.3 is 10.1 Å². The average molecular weight is 209 g/mol. The molecule has 1 amide bonds. The Hall–Kier alpha value is -1.36. The van der Waals surface area contributed by atoms with Gasteiger partial charge in [0.05, 0.1) is 6.61 Å². The van der Waals surface area contributed by atoms with Crippen molar-refractivity contribution >= 4 is 5.91 Å². The van der Waals surface area contributed by atoms with Crippen LogP contribution >= 0.6 is 0 Å². The number of amides is 1. The number of H-pyrrole nitrogens is 1. The highest BCUT2D eigenvalue weighted by molar-refractivity contribution is 5.92. The van der Waals surface area contributed by atoms with Crippen molar-refractivity contribution < 1.29 is 9.53 Å². The summed E-state index contributed by atoms with van der Waals surface area (Å²) in [7, 11) is 1.60. The smallest absolute Gasteiger partial charge is 0.271 e. The lowest BCUT2D eigenvalue weighted by Gasteiger charge is -2.00. The molecule has 0 aromatic carbocycles. The summed E-state index contributed by atoms with van der Waals surface area (Å²) in [5, 5.41) is 9.60. The molecular formula is C10H15N3O2. The van der Waals surface area contributed by atoms with E-state index in [4.69, 9.17) is 4.74 Å². The van der Waals surface area contributed by atoms with Gasteiger partial charge in [0.25, 0.3) is 5.91 Å². The Morgan fingerprint density at radius 3 is 3.20 bits per heavy atom. The van der Waals surface area contributed by atoms with Gasteiger partial charge in [-0.3, -0.25) is 9.89 Å². The van der Waals surface area contributed by atoms with Crippen molar-refractivity contribution in [3.05, 3.63) is 17.5 Å². The van der Waals surface area contributed by atoms with Crippen LogP contribution < -0.4 is 5.32 Å². The number of aromatic amines is 1. The van der Waals surface area contributed by atoms with Gasteiger partial charge in [0.1, 0.15) is 5.69 Å². The average Bonchev–Trinajstić information content (AvgIpc) is 2.97. The molecule has 0 bridgehead atoms. The van der Waals surface area contributed by atoms with Gasteiger partial charge in [-0.25, -0.2) is 0 Å². The molecule has 2 N–H and O–H groups in total. The zero-order chi connectivity index (χ0) is 10.7. The van der Waals surface area contributed by atoms with E-state index < -0.39 is 0 Å². The van der Waals surface area contributed by atoms with E-state index in [1.807, 2.05) is 6.07 Å². The van der Waals surface area contributed by atoms with E-state index >= 15 is 0 Å². The van der Waals surface area contributed by atoms with Gasteiger partial charge in [0, 0.05) is 25.3 Å². The first-order chi connectivity index (χ1) is 7.31. The second-order valence-electron chi connectivity index (χ2n) is 3.73. The number of nitrogens with zero attached hydrogens (tertiary/aromatic N) is 1. The van der Waals surface area contributed by atoms with Crippen LogP contribution in [0, 0.1) is 0 Å². The van der Waals surface area contributed by atoms with Crippen LogP contribution in [0.3, 0.4) is 0 Å². The molecule has 1 aliphatic carbocycles. The van der Waals surface area contributed by atoms with Crippen LogP contribution in [0.4, 0.5) is 0 Å². The van der Waals surface area contributed by atoms with Crippen LogP contribution in [-0.2, 0) is 4.74 Å². The third-order valence-corrected chi connectivity index (χ3v) is 2.44. The SMILES string of the molecule is COCCNC(=O)c1cc(C2CC2)[nH]n1. The van der Waals surface area contributed by atoms with Gasteiger partial charge >= 0.3 is 0 Å². The van der Waals surface area contributed by atoms with E-state index in [1.54, 1.807) is 7.11 Å². The zero-order valence-electron chi connectivity index (χ0n) is 8.75. The number of ether oxygens (including phenoxy) is 1. The van der Waals surface area contributed by atoms with Crippen LogP contribution in [0.5, 0.6) is 0 Å². The molecule has 0 radical (unpaired) electrons. The van der Waals surface area contributed by atoms with Crippen molar-refractivity contribution in [1.29, 1.82) is 0 Å². The summed E-state index contributed by atoms with van der Waals surface area (Å²) >= 11 is 0. The highest BCUT2D eigenvalue weighted by atomic mass is 16.5. The number of carbonyl (C=O) groups excluding carboxylic acids is 1. The summed E-state index contributed by atoms with van der Waals surface area (Å²) in [5.41, 5.74) is 1.54. The Bertz CT molecular complexity index is 344. The fraction of sp³-hybridized carbons (Fsp3) is 0.600. The summed E-state index contributed by atoms with van der Waals surface area (Å²) in [6.07, 6.45) is 2.40. The number of methoxy groups -OCH3 is 1. The van der Waals surface area contributed by atoms with Crippen molar-refractivity contribution in [2.45, 2.75) is 18.8 Å². The third kappa shape index (κ3) is 2.56. The van der Waals surface area contributed by atoms with Crippen molar-refractivity contribution in [2.24, 2.45) is 0 Å². The third-order valence-electron chi connectivity index (χ3n) is 2.44. The molecule has 1 heterocycles. The van der Waals surface area contributed by atoms with Crippen LogP contribution in [-0.4, -0.2) is 36.4 Å². The van der Waals surface area contributed by atoms with Crippen molar-refractivity contribution in [1.82, 2.24) is 15.5 Å². The molecule has 82 valence electrons. The lowest BCUT2D eigenvalue weighted by molar-refractivity contribution is 0.0932. The molecule has 5 heteroatoms. The maximum atomic E-state index is 11.5. The number of hydrogen-bond donors (Lipinski definition) is 2. The molecule has 0 aliphatic heterocycles. The van der Waals surface area contributed by atoms with E-state index in [0.29, 0.717) is 24.8 Å². The second-order valence-corrected chi connectivity index (χ2v) is 3.73. The molecule has 0 unspecified atom stereocenters. The largest absolute Gasteiger partial charge is 0.383 e. The van der Waals surface area contributed by atoms with Gasteiger partial charge in [-0.05, 0) is 18.9 Å². The predicted octanol–water partition coefficient (Wildman–Crippen LogP) is 0.663. The monoisotopic (exact) mass is 209 g/mol. The quantitative estimate of drug-likeness (QED) is 0.700. The molecule has 15 heavy (non-hydrogen) atoms. The fourth-order valence-corrected chi connectivity index (χ4v) is 1.41. The van der Waals surface area contributed by atoms with E-state index in [1.165, 1.54) is 12.8 Å². The molecule has 0 atom stereocenters. The number of nitrogens with one attached hydrogen (secondary N) is 2. The van der Waals surface area contributed by atoms with Crippen molar-refractivity contribution in [3.63, 3.8) is 0 Å². The number of aromatic nitrogens is 2.